The third kappa shape index (κ3) is 6.93. The molecule has 0 spiro atoms. The lowest BCUT2D eigenvalue weighted by atomic mass is 10.1. The van der Waals surface area contributed by atoms with Gasteiger partial charge < -0.3 is 19.6 Å². The van der Waals surface area contributed by atoms with Crippen LogP contribution >= 0.6 is 11.8 Å². The second-order valence-corrected chi connectivity index (χ2v) is 10.4. The number of nitrogens with zero attached hydrogens (tertiary/aromatic N) is 3. The minimum absolute atomic E-state index is 0.190. The first-order chi connectivity index (χ1) is 18.5. The van der Waals surface area contributed by atoms with Gasteiger partial charge in [-0.15, -0.1) is 11.8 Å². The predicted octanol–water partition coefficient (Wildman–Crippen LogP) is 4.39. The third-order valence-corrected chi connectivity index (χ3v) is 7.67. The van der Waals surface area contributed by atoms with Crippen molar-refractivity contribution in [3.8, 4) is 0 Å². The van der Waals surface area contributed by atoms with Gasteiger partial charge in [0.1, 0.15) is 0 Å². The Kier molecular flexibility index (Phi) is 9.78. The summed E-state index contributed by atoms with van der Waals surface area (Å²) in [6, 6.07) is 12.6. The first kappa shape index (κ1) is 27.7. The Hall–Kier alpha value is -3.37. The normalized spacial score (nSPS) is 16.1. The van der Waals surface area contributed by atoms with E-state index in [1.54, 1.807) is 33.7 Å². The van der Waals surface area contributed by atoms with Gasteiger partial charge in [-0.05, 0) is 60.9 Å². The topological polar surface area (TPSA) is 112 Å². The Morgan fingerprint density at radius 1 is 1.08 bits per heavy atom. The fraction of sp³-hybridized carbons (Fsp3) is 0.429. The quantitative estimate of drug-likeness (QED) is 0.249. The van der Waals surface area contributed by atoms with Gasteiger partial charge in [-0.3, -0.25) is 4.79 Å². The Labute approximate surface area is 227 Å². The number of rotatable bonds is 11. The van der Waals surface area contributed by atoms with E-state index >= 15 is 0 Å². The number of amides is 3. The number of fused-ring (bicyclic) bond motifs is 1. The van der Waals surface area contributed by atoms with Crippen LogP contribution in [0.25, 0.3) is 0 Å². The highest BCUT2D eigenvalue weighted by atomic mass is 32.2. The van der Waals surface area contributed by atoms with Crippen LogP contribution in [0.1, 0.15) is 54.1 Å². The molecule has 2 heterocycles. The minimum atomic E-state index is -0.922. The molecule has 0 bridgehead atoms. The molecule has 10 heteroatoms. The van der Waals surface area contributed by atoms with Crippen LogP contribution in [-0.4, -0.2) is 72.2 Å². The Morgan fingerprint density at radius 3 is 2.55 bits per heavy atom. The van der Waals surface area contributed by atoms with Crippen LogP contribution in [0.3, 0.4) is 0 Å². The molecule has 2 aromatic carbocycles. The summed E-state index contributed by atoms with van der Waals surface area (Å²) in [6.45, 7) is 4.71. The van der Waals surface area contributed by atoms with E-state index in [9.17, 15) is 14.4 Å². The van der Waals surface area contributed by atoms with Gasteiger partial charge in [-0.1, -0.05) is 31.9 Å². The standard InChI is InChI=1S/C28H34N4O5S/c1-2-3-4-13-32-24-12-11-22(38-18-5-6-20-7-9-21(10-8-20)27(34)35)19-23(24)25(26(32)33)29-30-28(36)31-14-16-37-17-15-31/h7-12,19H,2-6,13-18H2,1H3,(H,30,36)(H,34,35). The van der Waals surface area contributed by atoms with E-state index in [4.69, 9.17) is 9.84 Å². The van der Waals surface area contributed by atoms with Crippen molar-refractivity contribution in [2.75, 3.05) is 43.5 Å². The largest absolute Gasteiger partial charge is 0.478 e. The Bertz CT molecular complexity index is 1180. The predicted molar refractivity (Wildman–Crippen MR) is 148 cm³/mol. The zero-order chi connectivity index (χ0) is 26.9. The van der Waals surface area contributed by atoms with Gasteiger partial charge in [0.25, 0.3) is 5.91 Å². The van der Waals surface area contributed by atoms with E-state index in [0.29, 0.717) is 32.8 Å². The SMILES string of the molecule is CCCCCN1C(=O)C(=NNC(=O)N2CCOCC2)c2cc(SCCCc3ccc(C(=O)O)cc3)ccc21. The van der Waals surface area contributed by atoms with Crippen LogP contribution < -0.4 is 10.3 Å². The highest BCUT2D eigenvalue weighted by molar-refractivity contribution is 7.99. The molecule has 1 fully saturated rings. The van der Waals surface area contributed by atoms with Crippen molar-refractivity contribution >= 4 is 41.1 Å². The van der Waals surface area contributed by atoms with Crippen molar-refractivity contribution in [2.24, 2.45) is 5.10 Å². The smallest absolute Gasteiger partial charge is 0.337 e. The molecule has 38 heavy (non-hydrogen) atoms. The number of carboxylic acids is 1. The molecule has 0 radical (unpaired) electrons. The summed E-state index contributed by atoms with van der Waals surface area (Å²) in [7, 11) is 0. The van der Waals surface area contributed by atoms with Crippen LogP contribution in [0.5, 0.6) is 0 Å². The number of hydrogen-bond donors (Lipinski definition) is 2. The molecular weight excluding hydrogens is 504 g/mol. The van der Waals surface area contributed by atoms with Gasteiger partial charge in [0, 0.05) is 30.1 Å². The highest BCUT2D eigenvalue weighted by Crippen LogP contribution is 2.33. The molecule has 2 aliphatic rings. The molecule has 3 amide bonds. The zero-order valence-electron chi connectivity index (χ0n) is 21.6. The van der Waals surface area contributed by atoms with Gasteiger partial charge in [-0.2, -0.15) is 5.10 Å². The molecule has 2 aromatic rings. The summed E-state index contributed by atoms with van der Waals surface area (Å²) >= 11 is 1.70. The molecule has 0 atom stereocenters. The highest BCUT2D eigenvalue weighted by Gasteiger charge is 2.34. The maximum absolute atomic E-state index is 13.3. The lowest BCUT2D eigenvalue weighted by Gasteiger charge is -2.25. The van der Waals surface area contributed by atoms with E-state index in [1.165, 1.54) is 0 Å². The van der Waals surface area contributed by atoms with Crippen molar-refractivity contribution < 1.29 is 24.2 Å². The monoisotopic (exact) mass is 538 g/mol. The summed E-state index contributed by atoms with van der Waals surface area (Å²) in [4.78, 5) is 41.3. The van der Waals surface area contributed by atoms with E-state index < -0.39 is 5.97 Å². The average molecular weight is 539 g/mol. The fourth-order valence-corrected chi connectivity index (χ4v) is 5.34. The second-order valence-electron chi connectivity index (χ2n) is 9.27. The molecular formula is C28H34N4O5S. The van der Waals surface area contributed by atoms with Crippen molar-refractivity contribution in [2.45, 2.75) is 43.9 Å². The van der Waals surface area contributed by atoms with Crippen LogP contribution in [0.15, 0.2) is 52.5 Å². The summed E-state index contributed by atoms with van der Waals surface area (Å²) < 4.78 is 5.30. The molecule has 0 aliphatic carbocycles. The maximum atomic E-state index is 13.3. The van der Waals surface area contributed by atoms with E-state index in [1.807, 2.05) is 30.3 Å². The van der Waals surface area contributed by atoms with Crippen molar-refractivity contribution in [1.29, 1.82) is 0 Å². The number of carboxylic acid groups (broad SMARTS) is 1. The number of hydrogen-bond acceptors (Lipinski definition) is 6. The van der Waals surface area contributed by atoms with Crippen LogP contribution in [0, 0.1) is 0 Å². The maximum Gasteiger partial charge on any atom is 0.337 e. The molecule has 0 aromatic heterocycles. The van der Waals surface area contributed by atoms with Crippen LogP contribution in [-0.2, 0) is 16.0 Å². The molecule has 0 saturated carbocycles. The van der Waals surface area contributed by atoms with Crippen molar-refractivity contribution in [1.82, 2.24) is 10.3 Å². The molecule has 202 valence electrons. The van der Waals surface area contributed by atoms with Gasteiger partial charge in [0.15, 0.2) is 5.71 Å². The van der Waals surface area contributed by atoms with Gasteiger partial charge in [0.05, 0.1) is 24.5 Å². The van der Waals surface area contributed by atoms with E-state index in [2.05, 4.69) is 17.5 Å². The molecule has 9 nitrogen and oxygen atoms in total. The number of thioether (sulfide) groups is 1. The number of unbranched alkanes of at least 4 members (excludes halogenated alkanes) is 2. The van der Waals surface area contributed by atoms with E-state index in [-0.39, 0.29) is 23.2 Å². The number of morpholine rings is 1. The molecule has 1 saturated heterocycles. The lowest BCUT2D eigenvalue weighted by molar-refractivity contribution is -0.112. The second kappa shape index (κ2) is 13.4. The van der Waals surface area contributed by atoms with Crippen LogP contribution in [0.2, 0.25) is 0 Å². The molecule has 0 unspecified atom stereocenters. The number of ether oxygens (including phenoxy) is 1. The van der Waals surface area contributed by atoms with Crippen molar-refractivity contribution in [3.63, 3.8) is 0 Å². The van der Waals surface area contributed by atoms with E-state index in [0.717, 1.165) is 59.6 Å². The number of aromatic carboxylic acids is 1. The summed E-state index contributed by atoms with van der Waals surface area (Å²) in [5.41, 5.74) is 5.80. The van der Waals surface area contributed by atoms with Gasteiger partial charge in [0.2, 0.25) is 0 Å². The Balaban J connectivity index is 1.42. The van der Waals surface area contributed by atoms with Gasteiger partial charge >= 0.3 is 12.0 Å². The fourth-order valence-electron chi connectivity index (χ4n) is 4.45. The van der Waals surface area contributed by atoms with Crippen LogP contribution in [0.4, 0.5) is 10.5 Å². The van der Waals surface area contributed by atoms with Crippen molar-refractivity contribution in [3.05, 3.63) is 59.2 Å². The van der Waals surface area contributed by atoms with Gasteiger partial charge in [-0.25, -0.2) is 15.0 Å². The number of aryl methyl sites for hydroxylation is 1. The lowest BCUT2D eigenvalue weighted by Crippen LogP contribution is -2.45. The molecule has 2 N–H and O–H groups in total. The third-order valence-electron chi connectivity index (χ3n) is 6.59. The number of benzene rings is 2. The minimum Gasteiger partial charge on any atom is -0.478 e. The number of nitrogens with one attached hydrogen (secondary N) is 1. The number of carbonyl (C=O) groups excluding carboxylic acids is 2. The summed E-state index contributed by atoms with van der Waals surface area (Å²) in [5.74, 6) is -0.242. The first-order valence-corrected chi connectivity index (χ1v) is 14.1. The number of carbonyl (C=O) groups is 3. The number of anilines is 1. The number of urea groups is 1. The molecule has 4 rings (SSSR count). The molecule has 2 aliphatic heterocycles. The zero-order valence-corrected chi connectivity index (χ0v) is 22.5. The Morgan fingerprint density at radius 2 is 1.84 bits per heavy atom. The summed E-state index contributed by atoms with van der Waals surface area (Å²) in [5, 5.41) is 13.3. The first-order valence-electron chi connectivity index (χ1n) is 13.1. The average Bonchev–Trinajstić information content (AvgIpc) is 3.20. The summed E-state index contributed by atoms with van der Waals surface area (Å²) in [6.07, 6.45) is 4.77. The number of hydrazone groups is 1.